The zero-order valence-electron chi connectivity index (χ0n) is 54.3. The van der Waals surface area contributed by atoms with E-state index in [2.05, 4.69) is 58.3 Å². The molecule has 4 atom stereocenters. The molecule has 500 valence electrons. The fourth-order valence-electron chi connectivity index (χ4n) is 8.76. The first-order valence-corrected chi connectivity index (χ1v) is 31.4. The largest absolute Gasteiger partial charge is 0.493 e. The Kier molecular flexibility index (Phi) is 37.3. The second-order valence-corrected chi connectivity index (χ2v) is 22.4. The SMILES string of the molecule is C.CC(C)NCC(O)COc1cccc2ccccc12.CCOCCOCc1ccc(OCC(O)CNC(C)C)cc1.COCCc1ccc(OCC(O)CNC(C)C)cc1.COc1ccccc1OCCNCC(O)COc1cccc2[nH]c3ccccc3c12. The Morgan fingerprint density at radius 3 is 1.49 bits per heavy atom. The third kappa shape index (κ3) is 30.3. The number of hydrogen-bond acceptors (Lipinski definition) is 17. The van der Waals surface area contributed by atoms with Gasteiger partial charge in [-0.3, -0.25) is 0 Å². The molecule has 0 aliphatic carbocycles. The Balaban J connectivity index is 0.000000263. The van der Waals surface area contributed by atoms with E-state index in [-0.39, 0.29) is 20.6 Å². The summed E-state index contributed by atoms with van der Waals surface area (Å²) in [7, 11) is 3.32. The molecule has 0 amide bonds. The van der Waals surface area contributed by atoms with Crippen molar-refractivity contribution in [2.24, 2.45) is 0 Å². The van der Waals surface area contributed by atoms with Gasteiger partial charge >= 0.3 is 0 Å². The fraction of sp³-hybridized carbons (Fsp3) is 0.452. The van der Waals surface area contributed by atoms with Crippen LogP contribution in [0.1, 0.15) is 67.0 Å². The lowest BCUT2D eigenvalue weighted by atomic mass is 10.1. The van der Waals surface area contributed by atoms with Crippen LogP contribution in [0.5, 0.6) is 34.5 Å². The molecule has 0 radical (unpaired) electrons. The predicted octanol–water partition coefficient (Wildman–Crippen LogP) is 10.5. The van der Waals surface area contributed by atoms with Crippen molar-refractivity contribution in [2.75, 3.05) is 106 Å². The van der Waals surface area contributed by atoms with Crippen LogP contribution in [0.25, 0.3) is 32.6 Å². The minimum Gasteiger partial charge on any atom is -0.493 e. The first-order valence-electron chi connectivity index (χ1n) is 31.4. The molecule has 0 saturated heterocycles. The molecule has 9 N–H and O–H groups in total. The topological polar surface area (TPSA) is 228 Å². The highest BCUT2D eigenvalue weighted by Crippen LogP contribution is 2.33. The molecule has 0 aliphatic heterocycles. The molecule has 0 spiro atoms. The van der Waals surface area contributed by atoms with E-state index in [0.29, 0.717) is 109 Å². The minimum atomic E-state index is -0.628. The van der Waals surface area contributed by atoms with Gasteiger partial charge in [-0.25, -0.2) is 0 Å². The Bertz CT molecular complexity index is 3140. The predicted molar refractivity (Wildman–Crippen MR) is 368 cm³/mol. The van der Waals surface area contributed by atoms with Crippen LogP contribution < -0.4 is 49.7 Å². The van der Waals surface area contributed by atoms with Gasteiger partial charge in [0.1, 0.15) is 80.4 Å². The summed E-state index contributed by atoms with van der Waals surface area (Å²) in [5.74, 6) is 4.53. The summed E-state index contributed by atoms with van der Waals surface area (Å²) in [5.41, 5.74) is 4.40. The third-order valence-electron chi connectivity index (χ3n) is 13.5. The van der Waals surface area contributed by atoms with Crippen LogP contribution in [0.4, 0.5) is 0 Å². The van der Waals surface area contributed by atoms with Gasteiger partial charge in [-0.1, -0.05) is 146 Å². The number of benzene rings is 7. The van der Waals surface area contributed by atoms with Crippen LogP contribution in [0.3, 0.4) is 0 Å². The molecule has 0 bridgehead atoms. The van der Waals surface area contributed by atoms with Crippen molar-refractivity contribution in [3.63, 3.8) is 0 Å². The van der Waals surface area contributed by atoms with Gasteiger partial charge < -0.3 is 89.3 Å². The number of methoxy groups -OCH3 is 2. The van der Waals surface area contributed by atoms with E-state index in [9.17, 15) is 20.4 Å². The van der Waals surface area contributed by atoms with Gasteiger partial charge in [0.25, 0.3) is 0 Å². The average Bonchev–Trinajstić information content (AvgIpc) is 1.75. The number of aliphatic hydroxyl groups excluding tert-OH is 4. The molecular formula is C73H105N5O13. The van der Waals surface area contributed by atoms with Crippen molar-refractivity contribution in [3.05, 3.63) is 169 Å². The molecule has 1 aromatic heterocycles. The third-order valence-corrected chi connectivity index (χ3v) is 13.5. The molecular weight excluding hydrogens is 1150 g/mol. The van der Waals surface area contributed by atoms with E-state index in [1.54, 1.807) is 14.2 Å². The molecule has 8 aromatic rings. The van der Waals surface area contributed by atoms with E-state index in [1.165, 1.54) is 5.56 Å². The molecule has 0 aliphatic rings. The quantitative estimate of drug-likeness (QED) is 0.0165. The minimum absolute atomic E-state index is 0. The maximum absolute atomic E-state index is 10.3. The molecule has 8 rings (SSSR count). The van der Waals surface area contributed by atoms with E-state index in [1.807, 2.05) is 174 Å². The van der Waals surface area contributed by atoms with Gasteiger partial charge in [-0.15, -0.1) is 0 Å². The molecule has 7 aromatic carbocycles. The highest BCUT2D eigenvalue weighted by molar-refractivity contribution is 6.10. The van der Waals surface area contributed by atoms with E-state index >= 15 is 0 Å². The number of para-hydroxylation sites is 3. The number of fused-ring (bicyclic) bond motifs is 4. The van der Waals surface area contributed by atoms with Gasteiger partial charge in [0.05, 0.1) is 39.1 Å². The van der Waals surface area contributed by atoms with Crippen molar-refractivity contribution in [2.45, 2.75) is 111 Å². The van der Waals surface area contributed by atoms with Gasteiger partial charge in [-0.2, -0.15) is 0 Å². The highest BCUT2D eigenvalue weighted by atomic mass is 16.5. The monoisotopic (exact) mass is 1260 g/mol. The summed E-state index contributed by atoms with van der Waals surface area (Å²) in [6.45, 7) is 21.7. The van der Waals surface area contributed by atoms with Crippen LogP contribution >= 0.6 is 0 Å². The molecule has 18 heteroatoms. The van der Waals surface area contributed by atoms with Crippen molar-refractivity contribution in [3.8, 4) is 34.5 Å². The lowest BCUT2D eigenvalue weighted by Gasteiger charge is -2.15. The molecule has 4 unspecified atom stereocenters. The lowest BCUT2D eigenvalue weighted by molar-refractivity contribution is 0.0452. The van der Waals surface area contributed by atoms with E-state index in [4.69, 9.17) is 42.6 Å². The Morgan fingerprint density at radius 2 is 0.901 bits per heavy atom. The lowest BCUT2D eigenvalue weighted by Crippen LogP contribution is -2.35. The first-order chi connectivity index (χ1) is 43.6. The number of aliphatic hydroxyl groups is 4. The highest BCUT2D eigenvalue weighted by Gasteiger charge is 2.14. The Hall–Kier alpha value is -7.04. The molecule has 1 heterocycles. The standard InChI is InChI=1S/C24H26N2O4.C17H29NO4.C16H21NO2.C15H25NO3.CH4/c1-28-21-10-4-5-11-22(21)29-14-13-25-15-17(27)16-30-23-12-6-9-20-24(23)18-7-2-3-8-19(18)26-20;1-4-20-9-10-21-12-15-5-7-17(8-6-15)22-13-16(19)11-18-14(2)3;1-12(2)17-10-14(18)11-19-16-9-5-7-13-6-3-4-8-15(13)16;1-12(2)16-10-14(17)11-19-15-6-4-13(5-7-15)8-9-18-3;/h2-12,17,25-27H,13-16H2,1H3;5-8,14,16,18-19H,4,9-13H2,1-3H3;3-9,12,14,17-18H,10-11H2,1-2H3;4-7,12,14,16-17H,8-11H2,1-3H3;1H4. The van der Waals surface area contributed by atoms with Crippen molar-refractivity contribution in [1.29, 1.82) is 0 Å². The van der Waals surface area contributed by atoms with Crippen LogP contribution in [0.2, 0.25) is 0 Å². The number of aromatic nitrogens is 1. The van der Waals surface area contributed by atoms with E-state index < -0.39 is 24.4 Å². The van der Waals surface area contributed by atoms with Crippen molar-refractivity contribution in [1.82, 2.24) is 26.3 Å². The summed E-state index contributed by atoms with van der Waals surface area (Å²) >= 11 is 0. The second-order valence-electron chi connectivity index (χ2n) is 22.4. The molecule has 0 saturated carbocycles. The maximum atomic E-state index is 10.3. The van der Waals surface area contributed by atoms with Crippen LogP contribution in [0, 0.1) is 0 Å². The second kappa shape index (κ2) is 44.5. The van der Waals surface area contributed by atoms with Gasteiger partial charge in [0, 0.05) is 86.2 Å². The summed E-state index contributed by atoms with van der Waals surface area (Å²) < 4.78 is 49.5. The van der Waals surface area contributed by atoms with Crippen LogP contribution in [-0.2, 0) is 27.2 Å². The number of rotatable bonds is 37. The first kappa shape index (κ1) is 76.4. The Morgan fingerprint density at radius 1 is 0.429 bits per heavy atom. The maximum Gasteiger partial charge on any atom is 0.161 e. The van der Waals surface area contributed by atoms with Gasteiger partial charge in [0.15, 0.2) is 11.5 Å². The van der Waals surface area contributed by atoms with E-state index in [0.717, 1.165) is 74.2 Å². The number of ether oxygens (including phenoxy) is 9. The molecule has 18 nitrogen and oxygen atoms in total. The number of aromatic amines is 1. The van der Waals surface area contributed by atoms with Crippen molar-refractivity contribution >= 4 is 32.6 Å². The fourth-order valence-corrected chi connectivity index (χ4v) is 8.76. The summed E-state index contributed by atoms with van der Waals surface area (Å²) in [5, 5.41) is 56.7. The number of H-pyrrole nitrogens is 1. The summed E-state index contributed by atoms with van der Waals surface area (Å²) in [4.78, 5) is 3.40. The number of hydrogen-bond donors (Lipinski definition) is 9. The van der Waals surface area contributed by atoms with Gasteiger partial charge in [0.2, 0.25) is 0 Å². The summed E-state index contributed by atoms with van der Waals surface area (Å²) in [6, 6.07) is 52.3. The smallest absolute Gasteiger partial charge is 0.161 e. The molecule has 0 fully saturated rings. The molecule has 91 heavy (non-hydrogen) atoms. The zero-order chi connectivity index (χ0) is 64.7. The number of nitrogens with one attached hydrogen (secondary N) is 5. The summed E-state index contributed by atoms with van der Waals surface area (Å²) in [6.07, 6.45) is -1.23. The Labute approximate surface area is 540 Å². The average molecular weight is 1260 g/mol. The van der Waals surface area contributed by atoms with Crippen molar-refractivity contribution < 1.29 is 63.1 Å². The zero-order valence-corrected chi connectivity index (χ0v) is 54.3. The van der Waals surface area contributed by atoms with Crippen LogP contribution in [-0.4, -0.2) is 174 Å². The van der Waals surface area contributed by atoms with Gasteiger partial charge in [-0.05, 0) is 90.5 Å². The normalized spacial score (nSPS) is 12.4. The van der Waals surface area contributed by atoms with Crippen LogP contribution in [0.15, 0.2) is 158 Å².